The van der Waals surface area contributed by atoms with Crippen molar-refractivity contribution in [3.8, 4) is 0 Å². The average Bonchev–Trinajstić information content (AvgIpc) is 2.73. The minimum Gasteiger partial charge on any atom is -0.382 e. The standard InChI is InChI=1S/C12H14ClN3O/c13-11-3-1-10(2-4-11)9-17-8-7-16-6-5-12(14)15-16/h1-6H,7-9H2,(H2,14,15). The molecule has 5 heteroatoms. The van der Waals surface area contributed by atoms with Crippen molar-refractivity contribution >= 4 is 17.4 Å². The van der Waals surface area contributed by atoms with Crippen LogP contribution in [0.2, 0.25) is 5.02 Å². The van der Waals surface area contributed by atoms with Crippen LogP contribution in [0.4, 0.5) is 5.82 Å². The highest BCUT2D eigenvalue weighted by Gasteiger charge is 1.96. The molecule has 0 bridgehead atoms. The first kappa shape index (κ1) is 12.0. The van der Waals surface area contributed by atoms with Crippen LogP contribution in [0.1, 0.15) is 5.56 Å². The van der Waals surface area contributed by atoms with Gasteiger partial charge in [-0.2, -0.15) is 5.10 Å². The number of nitrogen functional groups attached to an aromatic ring is 1. The second-order valence-electron chi connectivity index (χ2n) is 3.68. The second kappa shape index (κ2) is 5.70. The number of nitrogens with two attached hydrogens (primary N) is 1. The Balaban J connectivity index is 1.71. The summed E-state index contributed by atoms with van der Waals surface area (Å²) in [5, 5.41) is 4.80. The maximum Gasteiger partial charge on any atom is 0.145 e. The monoisotopic (exact) mass is 251 g/mol. The van der Waals surface area contributed by atoms with Gasteiger partial charge in [0.15, 0.2) is 0 Å². The zero-order chi connectivity index (χ0) is 12.1. The molecule has 0 atom stereocenters. The van der Waals surface area contributed by atoms with E-state index in [0.717, 1.165) is 10.6 Å². The Morgan fingerprint density at radius 3 is 2.65 bits per heavy atom. The molecule has 2 rings (SSSR count). The molecule has 0 aliphatic rings. The number of ether oxygens (including phenoxy) is 1. The summed E-state index contributed by atoms with van der Waals surface area (Å²) in [4.78, 5) is 0. The summed E-state index contributed by atoms with van der Waals surface area (Å²) in [5.74, 6) is 0.530. The lowest BCUT2D eigenvalue weighted by Crippen LogP contribution is -2.06. The topological polar surface area (TPSA) is 53.1 Å². The summed E-state index contributed by atoms with van der Waals surface area (Å²) in [6.07, 6.45) is 1.83. The van der Waals surface area contributed by atoms with Gasteiger partial charge in [-0.25, -0.2) is 0 Å². The van der Waals surface area contributed by atoms with Gasteiger partial charge in [-0.3, -0.25) is 4.68 Å². The van der Waals surface area contributed by atoms with E-state index in [4.69, 9.17) is 22.1 Å². The van der Waals surface area contributed by atoms with Crippen LogP contribution >= 0.6 is 11.6 Å². The zero-order valence-corrected chi connectivity index (χ0v) is 10.1. The predicted molar refractivity (Wildman–Crippen MR) is 67.7 cm³/mol. The third-order valence-electron chi connectivity index (χ3n) is 2.31. The van der Waals surface area contributed by atoms with Crippen LogP contribution in [-0.4, -0.2) is 16.4 Å². The number of rotatable bonds is 5. The van der Waals surface area contributed by atoms with Crippen molar-refractivity contribution in [2.45, 2.75) is 13.2 Å². The van der Waals surface area contributed by atoms with E-state index in [9.17, 15) is 0 Å². The SMILES string of the molecule is Nc1ccn(CCOCc2ccc(Cl)cc2)n1. The number of hydrogen-bond acceptors (Lipinski definition) is 3. The number of hydrogen-bond donors (Lipinski definition) is 1. The molecule has 17 heavy (non-hydrogen) atoms. The van der Waals surface area contributed by atoms with Gasteiger partial charge in [0.25, 0.3) is 0 Å². The summed E-state index contributed by atoms with van der Waals surface area (Å²) in [7, 11) is 0. The van der Waals surface area contributed by atoms with Crippen molar-refractivity contribution in [2.24, 2.45) is 0 Å². The van der Waals surface area contributed by atoms with E-state index in [1.807, 2.05) is 30.5 Å². The lowest BCUT2D eigenvalue weighted by Gasteiger charge is -2.04. The Hall–Kier alpha value is -1.52. The Morgan fingerprint density at radius 1 is 1.24 bits per heavy atom. The van der Waals surface area contributed by atoms with E-state index >= 15 is 0 Å². The van der Waals surface area contributed by atoms with Crippen molar-refractivity contribution in [3.63, 3.8) is 0 Å². The molecule has 1 aromatic carbocycles. The van der Waals surface area contributed by atoms with Gasteiger partial charge in [0.2, 0.25) is 0 Å². The Labute approximate surface area is 105 Å². The van der Waals surface area contributed by atoms with E-state index < -0.39 is 0 Å². The van der Waals surface area contributed by atoms with Gasteiger partial charge in [-0.1, -0.05) is 23.7 Å². The van der Waals surface area contributed by atoms with Gasteiger partial charge in [-0.15, -0.1) is 0 Å². The normalized spacial score (nSPS) is 10.6. The minimum absolute atomic E-state index is 0.530. The molecular weight excluding hydrogens is 238 g/mol. The molecule has 90 valence electrons. The molecule has 0 saturated carbocycles. The van der Waals surface area contributed by atoms with Crippen LogP contribution in [0.3, 0.4) is 0 Å². The molecule has 1 heterocycles. The molecule has 0 fully saturated rings. The molecule has 1 aromatic heterocycles. The molecule has 2 aromatic rings. The number of halogens is 1. The molecule has 0 amide bonds. The first-order valence-electron chi connectivity index (χ1n) is 5.35. The summed E-state index contributed by atoms with van der Waals surface area (Å²) in [6, 6.07) is 9.38. The first-order chi connectivity index (χ1) is 8.24. The van der Waals surface area contributed by atoms with Gasteiger partial charge in [-0.05, 0) is 23.8 Å². The van der Waals surface area contributed by atoms with Crippen LogP contribution in [0.15, 0.2) is 36.5 Å². The third kappa shape index (κ3) is 3.76. The average molecular weight is 252 g/mol. The number of benzene rings is 1. The maximum absolute atomic E-state index is 5.79. The molecule has 0 aliphatic carbocycles. The fourth-order valence-corrected chi connectivity index (χ4v) is 1.56. The summed E-state index contributed by atoms with van der Waals surface area (Å²) >= 11 is 5.79. The summed E-state index contributed by atoms with van der Waals surface area (Å²) < 4.78 is 7.29. The van der Waals surface area contributed by atoms with Crippen LogP contribution in [0.5, 0.6) is 0 Å². The Bertz CT molecular complexity index is 467. The van der Waals surface area contributed by atoms with Gasteiger partial charge < -0.3 is 10.5 Å². The lowest BCUT2D eigenvalue weighted by molar-refractivity contribution is 0.111. The number of nitrogens with zero attached hydrogens (tertiary/aromatic N) is 2. The van der Waals surface area contributed by atoms with Gasteiger partial charge in [0, 0.05) is 11.2 Å². The maximum atomic E-state index is 5.79. The van der Waals surface area contributed by atoms with E-state index in [1.165, 1.54) is 0 Å². The van der Waals surface area contributed by atoms with Crippen LogP contribution in [0, 0.1) is 0 Å². The minimum atomic E-state index is 0.530. The largest absolute Gasteiger partial charge is 0.382 e. The highest BCUT2D eigenvalue weighted by Crippen LogP contribution is 2.10. The fraction of sp³-hybridized carbons (Fsp3) is 0.250. The van der Waals surface area contributed by atoms with Crippen LogP contribution in [-0.2, 0) is 17.9 Å². The second-order valence-corrected chi connectivity index (χ2v) is 4.12. The van der Waals surface area contributed by atoms with E-state index in [2.05, 4.69) is 5.10 Å². The molecule has 0 radical (unpaired) electrons. The van der Waals surface area contributed by atoms with E-state index in [0.29, 0.717) is 25.6 Å². The van der Waals surface area contributed by atoms with Crippen molar-refractivity contribution in [1.82, 2.24) is 9.78 Å². The molecular formula is C12H14ClN3O. The van der Waals surface area contributed by atoms with Crippen molar-refractivity contribution < 1.29 is 4.74 Å². The Kier molecular flexibility index (Phi) is 4.01. The number of anilines is 1. The fourth-order valence-electron chi connectivity index (χ4n) is 1.43. The van der Waals surface area contributed by atoms with Gasteiger partial charge in [0.05, 0.1) is 19.8 Å². The van der Waals surface area contributed by atoms with Crippen LogP contribution in [0.25, 0.3) is 0 Å². The molecule has 0 saturated heterocycles. The van der Waals surface area contributed by atoms with Crippen molar-refractivity contribution in [2.75, 3.05) is 12.3 Å². The van der Waals surface area contributed by atoms with Crippen molar-refractivity contribution in [3.05, 3.63) is 47.1 Å². The van der Waals surface area contributed by atoms with E-state index in [-0.39, 0.29) is 0 Å². The number of aromatic nitrogens is 2. The third-order valence-corrected chi connectivity index (χ3v) is 2.56. The van der Waals surface area contributed by atoms with Crippen molar-refractivity contribution in [1.29, 1.82) is 0 Å². The zero-order valence-electron chi connectivity index (χ0n) is 9.34. The molecule has 4 nitrogen and oxygen atoms in total. The summed E-state index contributed by atoms with van der Waals surface area (Å²) in [5.41, 5.74) is 6.61. The molecule has 0 unspecified atom stereocenters. The smallest absolute Gasteiger partial charge is 0.145 e. The molecule has 0 aliphatic heterocycles. The Morgan fingerprint density at radius 2 is 2.00 bits per heavy atom. The molecule has 2 N–H and O–H groups in total. The highest BCUT2D eigenvalue weighted by atomic mass is 35.5. The molecule has 0 spiro atoms. The summed E-state index contributed by atoms with van der Waals surface area (Å²) in [6.45, 7) is 1.88. The van der Waals surface area contributed by atoms with Gasteiger partial charge >= 0.3 is 0 Å². The van der Waals surface area contributed by atoms with E-state index in [1.54, 1.807) is 10.7 Å². The van der Waals surface area contributed by atoms with Gasteiger partial charge in [0.1, 0.15) is 5.82 Å². The highest BCUT2D eigenvalue weighted by molar-refractivity contribution is 6.30. The lowest BCUT2D eigenvalue weighted by atomic mass is 10.2. The first-order valence-corrected chi connectivity index (χ1v) is 5.73. The predicted octanol–water partition coefficient (Wildman–Crippen LogP) is 2.34. The quantitative estimate of drug-likeness (QED) is 0.830. The van der Waals surface area contributed by atoms with Crippen LogP contribution < -0.4 is 5.73 Å².